The van der Waals surface area contributed by atoms with Gasteiger partial charge in [-0.15, -0.1) is 0 Å². The van der Waals surface area contributed by atoms with Gasteiger partial charge in [-0.05, 0) is 31.2 Å². The number of anilines is 3. The van der Waals surface area contributed by atoms with Crippen molar-refractivity contribution in [2.75, 3.05) is 17.7 Å². The average Bonchev–Trinajstić information content (AvgIpc) is 2.63. The monoisotopic (exact) mass is 334 g/mol. The number of nitrogens with one attached hydrogen (secondary N) is 1. The number of nitrogen functional groups attached to an aromatic ring is 1. The zero-order chi connectivity index (χ0) is 17.6. The van der Waals surface area contributed by atoms with Gasteiger partial charge < -0.3 is 15.8 Å². The molecule has 25 heavy (non-hydrogen) atoms. The summed E-state index contributed by atoms with van der Waals surface area (Å²) in [6.07, 6.45) is 1.47. The van der Waals surface area contributed by atoms with Gasteiger partial charge in [0.2, 0.25) is 0 Å². The Morgan fingerprint density at radius 1 is 1.16 bits per heavy atom. The maximum Gasteiger partial charge on any atom is 0.343 e. The highest BCUT2D eigenvalue weighted by atomic mass is 16.5. The van der Waals surface area contributed by atoms with Gasteiger partial charge in [-0.2, -0.15) is 0 Å². The van der Waals surface area contributed by atoms with E-state index in [9.17, 15) is 4.79 Å². The fourth-order valence-corrected chi connectivity index (χ4v) is 2.31. The summed E-state index contributed by atoms with van der Waals surface area (Å²) in [4.78, 5) is 21.0. The Morgan fingerprint density at radius 2 is 1.96 bits per heavy atom. The number of aromatic nitrogens is 2. The second kappa shape index (κ2) is 7.44. The Kier molecular flexibility index (Phi) is 4.89. The summed E-state index contributed by atoms with van der Waals surface area (Å²) in [5.41, 5.74) is 8.31. The summed E-state index contributed by atoms with van der Waals surface area (Å²) in [6, 6.07) is 16.7. The van der Waals surface area contributed by atoms with Gasteiger partial charge in [0.1, 0.15) is 11.4 Å². The van der Waals surface area contributed by atoms with Crippen LogP contribution < -0.4 is 11.1 Å². The van der Waals surface area contributed by atoms with E-state index in [1.54, 1.807) is 19.1 Å². The third-order valence-corrected chi connectivity index (χ3v) is 3.47. The zero-order valence-corrected chi connectivity index (χ0v) is 13.8. The molecule has 0 atom stereocenters. The molecule has 3 N–H and O–H groups in total. The molecule has 0 aliphatic heterocycles. The van der Waals surface area contributed by atoms with E-state index in [0.717, 1.165) is 11.3 Å². The molecule has 0 spiro atoms. The first-order chi connectivity index (χ1) is 12.2. The van der Waals surface area contributed by atoms with Gasteiger partial charge in [-0.25, -0.2) is 14.8 Å². The van der Waals surface area contributed by atoms with E-state index in [4.69, 9.17) is 10.5 Å². The number of hydrogen-bond donors (Lipinski definition) is 2. The zero-order valence-electron chi connectivity index (χ0n) is 13.8. The lowest BCUT2D eigenvalue weighted by Crippen LogP contribution is -2.11. The van der Waals surface area contributed by atoms with Crippen LogP contribution in [-0.2, 0) is 4.74 Å². The van der Waals surface area contributed by atoms with Crippen molar-refractivity contribution in [3.8, 4) is 11.4 Å². The van der Waals surface area contributed by atoms with Crippen molar-refractivity contribution < 1.29 is 9.53 Å². The number of carbonyl (C=O) groups excluding carboxylic acids is 1. The van der Waals surface area contributed by atoms with Crippen molar-refractivity contribution in [2.24, 2.45) is 0 Å². The van der Waals surface area contributed by atoms with E-state index in [1.807, 2.05) is 42.5 Å². The molecule has 0 aliphatic carbocycles. The van der Waals surface area contributed by atoms with E-state index >= 15 is 0 Å². The molecule has 0 amide bonds. The molecule has 1 aromatic heterocycles. The minimum atomic E-state index is -0.472. The lowest BCUT2D eigenvalue weighted by atomic mass is 10.2. The summed E-state index contributed by atoms with van der Waals surface area (Å²) < 4.78 is 5.09. The van der Waals surface area contributed by atoms with Crippen LogP contribution in [0.15, 0.2) is 60.8 Å². The van der Waals surface area contributed by atoms with Gasteiger partial charge >= 0.3 is 5.97 Å². The van der Waals surface area contributed by atoms with Crippen molar-refractivity contribution in [2.45, 2.75) is 6.92 Å². The third kappa shape index (κ3) is 3.92. The van der Waals surface area contributed by atoms with Crippen LogP contribution in [0.5, 0.6) is 0 Å². The fourth-order valence-electron chi connectivity index (χ4n) is 2.31. The van der Waals surface area contributed by atoms with Crippen LogP contribution in [0.3, 0.4) is 0 Å². The number of hydrogen-bond acceptors (Lipinski definition) is 6. The Bertz CT molecular complexity index is 882. The van der Waals surface area contributed by atoms with Gasteiger partial charge in [0, 0.05) is 23.1 Å². The number of esters is 1. The Balaban J connectivity index is 2.03. The highest BCUT2D eigenvalue weighted by Crippen LogP contribution is 2.24. The molecule has 126 valence electrons. The van der Waals surface area contributed by atoms with Crippen molar-refractivity contribution in [3.63, 3.8) is 0 Å². The van der Waals surface area contributed by atoms with Crippen LogP contribution in [-0.4, -0.2) is 22.5 Å². The van der Waals surface area contributed by atoms with Crippen LogP contribution in [0.25, 0.3) is 11.4 Å². The minimum absolute atomic E-state index is 0.276. The second-order valence-corrected chi connectivity index (χ2v) is 5.29. The number of nitrogens with zero attached hydrogens (tertiary/aromatic N) is 2. The molecule has 6 nitrogen and oxygen atoms in total. The summed E-state index contributed by atoms with van der Waals surface area (Å²) in [7, 11) is 0. The highest BCUT2D eigenvalue weighted by molar-refractivity contribution is 5.95. The maximum atomic E-state index is 12.2. The predicted molar refractivity (Wildman–Crippen MR) is 97.6 cm³/mol. The number of nitrogens with two attached hydrogens (primary N) is 1. The van der Waals surface area contributed by atoms with Crippen LogP contribution in [0.2, 0.25) is 0 Å². The van der Waals surface area contributed by atoms with E-state index in [-0.39, 0.29) is 12.2 Å². The molecule has 0 radical (unpaired) electrons. The molecule has 0 saturated heterocycles. The van der Waals surface area contributed by atoms with Gasteiger partial charge in [-0.3, -0.25) is 0 Å². The number of benzene rings is 2. The van der Waals surface area contributed by atoms with Gasteiger partial charge in [0.25, 0.3) is 0 Å². The van der Waals surface area contributed by atoms with E-state index in [1.165, 1.54) is 6.20 Å². The normalized spacial score (nSPS) is 10.3. The van der Waals surface area contributed by atoms with Crippen molar-refractivity contribution in [1.29, 1.82) is 0 Å². The molecule has 1 heterocycles. The van der Waals surface area contributed by atoms with Gasteiger partial charge in [0.05, 0.1) is 6.61 Å². The van der Waals surface area contributed by atoms with Crippen molar-refractivity contribution in [1.82, 2.24) is 9.97 Å². The first-order valence-electron chi connectivity index (χ1n) is 7.89. The van der Waals surface area contributed by atoms with Gasteiger partial charge in [0.15, 0.2) is 5.82 Å². The average molecular weight is 334 g/mol. The SMILES string of the molecule is CCOC(=O)c1cnc(-c2cccc(N)c2)nc1Nc1ccccc1. The maximum absolute atomic E-state index is 12.2. The van der Waals surface area contributed by atoms with Crippen LogP contribution >= 0.6 is 0 Å². The first-order valence-corrected chi connectivity index (χ1v) is 7.89. The molecule has 0 fully saturated rings. The summed E-state index contributed by atoms with van der Waals surface area (Å²) >= 11 is 0. The quantitative estimate of drug-likeness (QED) is 0.547. The third-order valence-electron chi connectivity index (χ3n) is 3.47. The first kappa shape index (κ1) is 16.4. The predicted octanol–water partition coefficient (Wildman–Crippen LogP) is 3.65. The molecule has 0 unspecified atom stereocenters. The van der Waals surface area contributed by atoms with E-state index in [0.29, 0.717) is 17.3 Å². The molecule has 3 aromatic rings. The van der Waals surface area contributed by atoms with Crippen molar-refractivity contribution >= 4 is 23.2 Å². The molecular weight excluding hydrogens is 316 g/mol. The summed E-state index contributed by atoms with van der Waals surface area (Å²) in [5, 5.41) is 3.15. The number of rotatable bonds is 5. The molecule has 0 bridgehead atoms. The highest BCUT2D eigenvalue weighted by Gasteiger charge is 2.17. The Hall–Kier alpha value is -3.41. The summed E-state index contributed by atoms with van der Waals surface area (Å²) in [6.45, 7) is 2.03. The Labute approximate surface area is 145 Å². The number of para-hydroxylation sites is 1. The molecule has 3 rings (SSSR count). The second-order valence-electron chi connectivity index (χ2n) is 5.29. The van der Waals surface area contributed by atoms with Crippen LogP contribution in [0, 0.1) is 0 Å². The van der Waals surface area contributed by atoms with Gasteiger partial charge in [-0.1, -0.05) is 30.3 Å². The molecule has 2 aromatic carbocycles. The lowest BCUT2D eigenvalue weighted by molar-refractivity contribution is 0.0526. The Morgan fingerprint density at radius 3 is 2.68 bits per heavy atom. The van der Waals surface area contributed by atoms with E-state index < -0.39 is 5.97 Å². The minimum Gasteiger partial charge on any atom is -0.462 e. The standard InChI is InChI=1S/C19H18N4O2/c1-2-25-19(24)16-12-21-17(13-7-6-8-14(20)11-13)23-18(16)22-15-9-4-3-5-10-15/h3-12H,2,20H2,1H3,(H,21,22,23). The van der Waals surface area contributed by atoms with Crippen LogP contribution in [0.1, 0.15) is 17.3 Å². The number of ether oxygens (including phenoxy) is 1. The van der Waals surface area contributed by atoms with Crippen LogP contribution in [0.4, 0.5) is 17.2 Å². The van der Waals surface area contributed by atoms with E-state index in [2.05, 4.69) is 15.3 Å². The smallest absolute Gasteiger partial charge is 0.343 e. The summed E-state index contributed by atoms with van der Waals surface area (Å²) in [5.74, 6) is 0.385. The molecule has 0 aliphatic rings. The molecule has 0 saturated carbocycles. The topological polar surface area (TPSA) is 90.1 Å². The lowest BCUT2D eigenvalue weighted by Gasteiger charge is -2.12. The molecular formula is C19H18N4O2. The fraction of sp³-hybridized carbons (Fsp3) is 0.105. The largest absolute Gasteiger partial charge is 0.462 e. The van der Waals surface area contributed by atoms with Crippen molar-refractivity contribution in [3.05, 3.63) is 66.4 Å². The molecule has 6 heteroatoms. The number of carbonyl (C=O) groups is 1.